The fourth-order valence-corrected chi connectivity index (χ4v) is 3.34. The van der Waals surface area contributed by atoms with Crippen molar-refractivity contribution in [3.8, 4) is 23.0 Å². The molecule has 0 aliphatic heterocycles. The number of carbonyl (C=O) groups is 1. The van der Waals surface area contributed by atoms with E-state index in [4.69, 9.17) is 19.9 Å². The van der Waals surface area contributed by atoms with Gasteiger partial charge in [0, 0.05) is 47.7 Å². The van der Waals surface area contributed by atoms with Crippen molar-refractivity contribution >= 4 is 22.5 Å². The number of nitrogens with one attached hydrogen (secondary N) is 1. The summed E-state index contributed by atoms with van der Waals surface area (Å²) >= 11 is 0. The van der Waals surface area contributed by atoms with Gasteiger partial charge >= 0.3 is 0 Å². The minimum Gasteiger partial charge on any atom is -0.496 e. The first-order valence-electron chi connectivity index (χ1n) is 10.7. The minimum absolute atomic E-state index is 0.0865. The van der Waals surface area contributed by atoms with Gasteiger partial charge in [-0.15, -0.1) is 0 Å². The van der Waals surface area contributed by atoms with Crippen molar-refractivity contribution < 1.29 is 32.2 Å². The maximum atomic E-state index is 14.8. The SMILES string of the molecule is COc1ccnc(F)c1C(=O)Nc1cc(F)c(Oc2ccnc3cc(OC[C@@H](C)N)ccc23)c(F)c1. The molecule has 0 fully saturated rings. The van der Waals surface area contributed by atoms with Crippen LogP contribution in [-0.4, -0.2) is 35.6 Å². The van der Waals surface area contributed by atoms with Crippen LogP contribution in [0.25, 0.3) is 10.9 Å². The van der Waals surface area contributed by atoms with E-state index in [0.717, 1.165) is 18.3 Å². The van der Waals surface area contributed by atoms with Gasteiger partial charge in [0.2, 0.25) is 5.95 Å². The summed E-state index contributed by atoms with van der Waals surface area (Å²) in [6, 6.07) is 9.24. The molecule has 0 saturated heterocycles. The lowest BCUT2D eigenvalue weighted by Crippen LogP contribution is -2.23. The minimum atomic E-state index is -1.09. The number of benzene rings is 2. The lowest BCUT2D eigenvalue weighted by molar-refractivity contribution is 0.101. The molecule has 186 valence electrons. The molecule has 0 radical (unpaired) electrons. The highest BCUT2D eigenvalue weighted by molar-refractivity contribution is 6.06. The average molecular weight is 498 g/mol. The molecule has 11 heteroatoms. The molecule has 4 aromatic rings. The molecule has 0 aliphatic rings. The largest absolute Gasteiger partial charge is 0.496 e. The fourth-order valence-electron chi connectivity index (χ4n) is 3.34. The van der Waals surface area contributed by atoms with Gasteiger partial charge < -0.3 is 25.3 Å². The number of anilines is 1. The van der Waals surface area contributed by atoms with Gasteiger partial charge in [0.15, 0.2) is 17.4 Å². The molecular weight excluding hydrogens is 477 g/mol. The molecule has 1 atom stereocenters. The summed E-state index contributed by atoms with van der Waals surface area (Å²) in [6.45, 7) is 2.11. The Bertz CT molecular complexity index is 1410. The summed E-state index contributed by atoms with van der Waals surface area (Å²) in [7, 11) is 1.24. The lowest BCUT2D eigenvalue weighted by Gasteiger charge is -2.14. The Kier molecular flexibility index (Phi) is 7.20. The second-order valence-electron chi connectivity index (χ2n) is 7.78. The van der Waals surface area contributed by atoms with Gasteiger partial charge in [0.05, 0.1) is 12.6 Å². The molecule has 0 unspecified atom stereocenters. The summed E-state index contributed by atoms with van der Waals surface area (Å²) in [5, 5.41) is 2.72. The molecule has 2 heterocycles. The summed E-state index contributed by atoms with van der Waals surface area (Å²) in [5.74, 6) is -4.37. The molecule has 0 spiro atoms. The third-order valence-electron chi connectivity index (χ3n) is 4.97. The third kappa shape index (κ3) is 5.31. The van der Waals surface area contributed by atoms with E-state index in [9.17, 15) is 18.0 Å². The molecule has 2 aromatic heterocycles. The van der Waals surface area contributed by atoms with Gasteiger partial charge in [-0.2, -0.15) is 4.39 Å². The van der Waals surface area contributed by atoms with E-state index in [0.29, 0.717) is 23.3 Å². The molecule has 36 heavy (non-hydrogen) atoms. The normalized spacial score (nSPS) is 11.7. The first kappa shape index (κ1) is 24.7. The number of halogens is 3. The maximum Gasteiger partial charge on any atom is 0.264 e. The van der Waals surface area contributed by atoms with Crippen LogP contribution in [0.15, 0.2) is 54.9 Å². The van der Waals surface area contributed by atoms with Crippen LogP contribution in [0.2, 0.25) is 0 Å². The van der Waals surface area contributed by atoms with Crippen LogP contribution in [0.1, 0.15) is 17.3 Å². The Labute approximate surface area is 203 Å². The van der Waals surface area contributed by atoms with E-state index in [1.807, 2.05) is 0 Å². The van der Waals surface area contributed by atoms with E-state index in [-0.39, 0.29) is 23.2 Å². The number of nitrogens with zero attached hydrogens (tertiary/aromatic N) is 2. The Balaban J connectivity index is 1.58. The molecule has 4 rings (SSSR count). The number of aromatic nitrogens is 2. The monoisotopic (exact) mass is 498 g/mol. The smallest absolute Gasteiger partial charge is 0.264 e. The number of fused-ring (bicyclic) bond motifs is 1. The Morgan fingerprint density at radius 1 is 1.03 bits per heavy atom. The van der Waals surface area contributed by atoms with E-state index in [1.54, 1.807) is 25.1 Å². The van der Waals surface area contributed by atoms with Gasteiger partial charge in [-0.05, 0) is 31.2 Å². The number of amides is 1. The van der Waals surface area contributed by atoms with E-state index < -0.39 is 34.8 Å². The zero-order valence-electron chi connectivity index (χ0n) is 19.2. The van der Waals surface area contributed by atoms with Gasteiger partial charge in [-0.1, -0.05) is 0 Å². The number of nitrogens with two attached hydrogens (primary N) is 1. The van der Waals surface area contributed by atoms with Gasteiger partial charge in [-0.3, -0.25) is 9.78 Å². The molecule has 0 saturated carbocycles. The predicted octanol–water partition coefficient (Wildman–Crippen LogP) is 4.83. The number of pyridine rings is 2. The van der Waals surface area contributed by atoms with E-state index >= 15 is 0 Å². The van der Waals surface area contributed by atoms with E-state index in [1.165, 1.54) is 25.4 Å². The summed E-state index contributed by atoms with van der Waals surface area (Å²) in [5.41, 5.74) is 5.41. The number of rotatable bonds is 8. The molecule has 2 aromatic carbocycles. The van der Waals surface area contributed by atoms with Crippen LogP contribution >= 0.6 is 0 Å². The highest BCUT2D eigenvalue weighted by Gasteiger charge is 2.21. The van der Waals surface area contributed by atoms with Crippen molar-refractivity contribution in [2.24, 2.45) is 5.73 Å². The number of hydrogen-bond donors (Lipinski definition) is 2. The predicted molar refractivity (Wildman–Crippen MR) is 126 cm³/mol. The summed E-state index contributed by atoms with van der Waals surface area (Å²) in [6.07, 6.45) is 2.54. The molecule has 0 bridgehead atoms. The standard InChI is InChI=1S/C25H21F3N4O4/c1-13(29)12-35-15-3-4-16-19(11-15)30-7-5-20(16)36-23-17(26)9-14(10-18(23)27)32-25(33)22-21(34-2)6-8-31-24(22)28/h3-11,13H,12,29H2,1-2H3,(H,32,33)/t13-/m1/s1. The topological polar surface area (TPSA) is 109 Å². The molecule has 1 amide bonds. The molecule has 0 aliphatic carbocycles. The van der Waals surface area contributed by atoms with Crippen molar-refractivity contribution in [3.05, 3.63) is 78.0 Å². The molecule has 8 nitrogen and oxygen atoms in total. The van der Waals surface area contributed by atoms with E-state index in [2.05, 4.69) is 15.3 Å². The Hall–Kier alpha value is -4.38. The summed E-state index contributed by atoms with van der Waals surface area (Å²) in [4.78, 5) is 20.1. The molecule has 3 N–H and O–H groups in total. The van der Waals surface area contributed by atoms with Crippen molar-refractivity contribution in [2.45, 2.75) is 13.0 Å². The number of carbonyl (C=O) groups excluding carboxylic acids is 1. The van der Waals surface area contributed by atoms with Crippen LogP contribution < -0.4 is 25.3 Å². The average Bonchev–Trinajstić information content (AvgIpc) is 2.84. The number of hydrogen-bond acceptors (Lipinski definition) is 7. The lowest BCUT2D eigenvalue weighted by atomic mass is 10.2. The van der Waals surface area contributed by atoms with Crippen LogP contribution in [0.5, 0.6) is 23.0 Å². The highest BCUT2D eigenvalue weighted by Crippen LogP contribution is 2.35. The first-order valence-corrected chi connectivity index (χ1v) is 10.7. The van der Waals surface area contributed by atoms with Crippen molar-refractivity contribution in [2.75, 3.05) is 19.0 Å². The summed E-state index contributed by atoms with van der Waals surface area (Å²) < 4.78 is 59.8. The van der Waals surface area contributed by atoms with Crippen LogP contribution in [0, 0.1) is 17.6 Å². The van der Waals surface area contributed by atoms with Gasteiger partial charge in [0.25, 0.3) is 5.91 Å². The third-order valence-corrected chi connectivity index (χ3v) is 4.97. The van der Waals surface area contributed by atoms with Crippen LogP contribution in [-0.2, 0) is 0 Å². The Morgan fingerprint density at radius 3 is 2.42 bits per heavy atom. The highest BCUT2D eigenvalue weighted by atomic mass is 19.1. The van der Waals surface area contributed by atoms with Crippen molar-refractivity contribution in [3.63, 3.8) is 0 Å². The second-order valence-corrected chi connectivity index (χ2v) is 7.78. The van der Waals surface area contributed by atoms with Crippen LogP contribution in [0.3, 0.4) is 0 Å². The van der Waals surface area contributed by atoms with Crippen LogP contribution in [0.4, 0.5) is 18.9 Å². The number of ether oxygens (including phenoxy) is 3. The number of methoxy groups -OCH3 is 1. The Morgan fingerprint density at radius 2 is 1.72 bits per heavy atom. The maximum absolute atomic E-state index is 14.8. The van der Waals surface area contributed by atoms with Gasteiger partial charge in [-0.25, -0.2) is 13.8 Å². The van der Waals surface area contributed by atoms with Crippen molar-refractivity contribution in [1.82, 2.24) is 9.97 Å². The quantitative estimate of drug-likeness (QED) is 0.335. The first-order chi connectivity index (χ1) is 17.3. The van der Waals surface area contributed by atoms with Gasteiger partial charge in [0.1, 0.15) is 29.4 Å². The molecular formula is C25H21F3N4O4. The zero-order chi connectivity index (χ0) is 25.8. The fraction of sp³-hybridized carbons (Fsp3) is 0.160. The zero-order valence-corrected chi connectivity index (χ0v) is 19.2. The second kappa shape index (κ2) is 10.5. The van der Waals surface area contributed by atoms with Crippen molar-refractivity contribution in [1.29, 1.82) is 0 Å².